The number of hydrogen-bond donors (Lipinski definition) is 2. The lowest BCUT2D eigenvalue weighted by Crippen LogP contribution is -2.30. The smallest absolute Gasteiger partial charge is 0.213 e. The highest BCUT2D eigenvalue weighted by Gasteiger charge is 2.03. The number of ether oxygens (including phenoxy) is 3. The van der Waals surface area contributed by atoms with E-state index < -0.39 is 0 Å². The van der Waals surface area contributed by atoms with Crippen molar-refractivity contribution >= 4 is 35.6 Å². The molecule has 0 amide bonds. The first kappa shape index (κ1) is 25.0. The molecule has 8 heteroatoms. The summed E-state index contributed by atoms with van der Waals surface area (Å²) >= 11 is 0. The van der Waals surface area contributed by atoms with Crippen molar-refractivity contribution in [2.45, 2.75) is 26.8 Å². The molecule has 0 aliphatic rings. The number of anilines is 1. The molecule has 7 nitrogen and oxygen atoms in total. The van der Waals surface area contributed by atoms with Crippen LogP contribution in [0.3, 0.4) is 0 Å². The Morgan fingerprint density at radius 1 is 1.10 bits per heavy atom. The lowest BCUT2D eigenvalue weighted by molar-refractivity contribution is 0.172. The number of hydrogen-bond acceptors (Lipinski definition) is 5. The van der Waals surface area contributed by atoms with Gasteiger partial charge in [-0.15, -0.1) is 24.0 Å². The molecule has 0 saturated carbocycles. The fourth-order valence-electron chi connectivity index (χ4n) is 2.45. The van der Waals surface area contributed by atoms with Crippen LogP contribution in [-0.4, -0.2) is 44.4 Å². The Morgan fingerprint density at radius 3 is 2.72 bits per heavy atom. The molecule has 0 spiro atoms. The van der Waals surface area contributed by atoms with Crippen LogP contribution < -0.4 is 20.1 Å². The van der Waals surface area contributed by atoms with Crippen LogP contribution in [0, 0.1) is 0 Å². The molecular formula is C21H31IN4O3. The summed E-state index contributed by atoms with van der Waals surface area (Å²) in [5, 5.41) is 6.57. The predicted molar refractivity (Wildman–Crippen MR) is 128 cm³/mol. The van der Waals surface area contributed by atoms with E-state index in [4.69, 9.17) is 14.2 Å². The second-order valence-corrected chi connectivity index (χ2v) is 5.98. The van der Waals surface area contributed by atoms with E-state index in [1.54, 1.807) is 13.3 Å². The van der Waals surface area contributed by atoms with Crippen molar-refractivity contribution in [1.29, 1.82) is 0 Å². The second-order valence-electron chi connectivity index (χ2n) is 5.98. The maximum Gasteiger partial charge on any atom is 0.213 e. The number of halogens is 1. The molecule has 0 bridgehead atoms. The van der Waals surface area contributed by atoms with Gasteiger partial charge in [-0.3, -0.25) is 0 Å². The maximum atomic E-state index is 5.75. The average Bonchev–Trinajstić information content (AvgIpc) is 2.71. The van der Waals surface area contributed by atoms with Crippen molar-refractivity contribution in [3.8, 4) is 11.6 Å². The van der Waals surface area contributed by atoms with E-state index in [1.165, 1.54) is 0 Å². The third-order valence-corrected chi connectivity index (χ3v) is 3.71. The topological polar surface area (TPSA) is 77.0 Å². The van der Waals surface area contributed by atoms with Crippen LogP contribution >= 0.6 is 24.0 Å². The lowest BCUT2D eigenvalue weighted by atomic mass is 10.2. The molecule has 0 aliphatic heterocycles. The van der Waals surface area contributed by atoms with Gasteiger partial charge >= 0.3 is 0 Å². The predicted octanol–water partition coefficient (Wildman–Crippen LogP) is 4.09. The molecule has 1 heterocycles. The highest BCUT2D eigenvalue weighted by Crippen LogP contribution is 2.18. The molecule has 0 radical (unpaired) electrons. The van der Waals surface area contributed by atoms with E-state index in [0.717, 1.165) is 30.0 Å². The van der Waals surface area contributed by atoms with Crippen molar-refractivity contribution in [2.75, 3.05) is 38.8 Å². The molecule has 2 aromatic rings. The van der Waals surface area contributed by atoms with Gasteiger partial charge in [0.25, 0.3) is 0 Å². The fraction of sp³-hybridized carbons (Fsp3) is 0.429. The van der Waals surface area contributed by atoms with Crippen LogP contribution in [0.2, 0.25) is 0 Å². The summed E-state index contributed by atoms with van der Waals surface area (Å²) in [5.41, 5.74) is 1.94. The van der Waals surface area contributed by atoms with Crippen LogP contribution in [0.4, 0.5) is 5.69 Å². The minimum Gasteiger partial charge on any atom is -0.493 e. The molecule has 0 unspecified atom stereocenters. The van der Waals surface area contributed by atoms with Gasteiger partial charge in [-0.25, -0.2) is 9.98 Å². The van der Waals surface area contributed by atoms with Crippen molar-refractivity contribution < 1.29 is 14.2 Å². The van der Waals surface area contributed by atoms with Crippen molar-refractivity contribution in [2.24, 2.45) is 4.99 Å². The molecule has 0 saturated heterocycles. The Kier molecular flexibility index (Phi) is 12.8. The number of pyridine rings is 1. The number of benzene rings is 1. The molecule has 2 N–H and O–H groups in total. The van der Waals surface area contributed by atoms with Gasteiger partial charge in [0.05, 0.1) is 19.8 Å². The molecule has 1 aromatic heterocycles. The van der Waals surface area contributed by atoms with E-state index in [-0.39, 0.29) is 24.0 Å². The minimum atomic E-state index is 0. The maximum absolute atomic E-state index is 5.75. The number of rotatable bonds is 11. The Hall–Kier alpha value is -2.07. The first-order valence-corrected chi connectivity index (χ1v) is 9.60. The van der Waals surface area contributed by atoms with Gasteiger partial charge in [0.15, 0.2) is 5.96 Å². The molecule has 0 aliphatic carbocycles. The Labute approximate surface area is 190 Å². The SMILES string of the molecule is CCNC(=NCc1ccnc(OCC)c1)Nc1cccc(OCCCOC)c1.I. The van der Waals surface area contributed by atoms with Gasteiger partial charge < -0.3 is 24.8 Å². The summed E-state index contributed by atoms with van der Waals surface area (Å²) in [6, 6.07) is 11.7. The van der Waals surface area contributed by atoms with Crippen LogP contribution in [0.15, 0.2) is 47.6 Å². The van der Waals surface area contributed by atoms with Crippen molar-refractivity contribution in [1.82, 2.24) is 10.3 Å². The summed E-state index contributed by atoms with van der Waals surface area (Å²) < 4.78 is 16.2. The number of methoxy groups -OCH3 is 1. The highest BCUT2D eigenvalue weighted by molar-refractivity contribution is 14.0. The zero-order valence-electron chi connectivity index (χ0n) is 17.3. The quantitative estimate of drug-likeness (QED) is 0.204. The normalized spacial score (nSPS) is 10.8. The van der Waals surface area contributed by atoms with E-state index in [0.29, 0.717) is 38.2 Å². The molecule has 0 fully saturated rings. The van der Waals surface area contributed by atoms with E-state index in [2.05, 4.69) is 20.6 Å². The summed E-state index contributed by atoms with van der Waals surface area (Å²) in [6.07, 6.45) is 2.59. The Morgan fingerprint density at radius 2 is 1.97 bits per heavy atom. The van der Waals surface area contributed by atoms with Crippen LogP contribution in [-0.2, 0) is 11.3 Å². The zero-order valence-corrected chi connectivity index (χ0v) is 19.6. The van der Waals surface area contributed by atoms with E-state index in [9.17, 15) is 0 Å². The summed E-state index contributed by atoms with van der Waals surface area (Å²) in [4.78, 5) is 8.83. The molecule has 29 heavy (non-hydrogen) atoms. The van der Waals surface area contributed by atoms with Crippen molar-refractivity contribution in [3.63, 3.8) is 0 Å². The molecular weight excluding hydrogens is 483 g/mol. The third kappa shape index (κ3) is 9.80. The third-order valence-electron chi connectivity index (χ3n) is 3.71. The number of nitrogens with zero attached hydrogens (tertiary/aromatic N) is 2. The van der Waals surface area contributed by atoms with Crippen LogP contribution in [0.5, 0.6) is 11.6 Å². The fourth-order valence-corrected chi connectivity index (χ4v) is 2.45. The lowest BCUT2D eigenvalue weighted by Gasteiger charge is -2.13. The Balaban J connectivity index is 0.00000420. The summed E-state index contributed by atoms with van der Waals surface area (Å²) in [7, 11) is 1.69. The number of guanidine groups is 1. The number of nitrogens with one attached hydrogen (secondary N) is 2. The average molecular weight is 514 g/mol. The molecule has 160 valence electrons. The second kappa shape index (κ2) is 14.9. The number of aliphatic imine (C=N–C) groups is 1. The monoisotopic (exact) mass is 514 g/mol. The highest BCUT2D eigenvalue weighted by atomic mass is 127. The van der Waals surface area contributed by atoms with Crippen LogP contribution in [0.1, 0.15) is 25.8 Å². The largest absolute Gasteiger partial charge is 0.493 e. The summed E-state index contributed by atoms with van der Waals surface area (Å²) in [6.45, 7) is 7.16. The molecule has 1 aromatic carbocycles. The Bertz CT molecular complexity index is 743. The zero-order chi connectivity index (χ0) is 20.0. The van der Waals surface area contributed by atoms with E-state index in [1.807, 2.05) is 50.2 Å². The minimum absolute atomic E-state index is 0. The van der Waals surface area contributed by atoms with Crippen molar-refractivity contribution in [3.05, 3.63) is 48.2 Å². The van der Waals surface area contributed by atoms with Gasteiger partial charge in [-0.05, 0) is 37.6 Å². The van der Waals surface area contributed by atoms with E-state index >= 15 is 0 Å². The van der Waals surface area contributed by atoms with Gasteiger partial charge in [0.1, 0.15) is 5.75 Å². The van der Waals surface area contributed by atoms with Gasteiger partial charge in [0.2, 0.25) is 5.88 Å². The van der Waals surface area contributed by atoms with Gasteiger partial charge in [-0.2, -0.15) is 0 Å². The first-order chi connectivity index (χ1) is 13.7. The summed E-state index contributed by atoms with van der Waals surface area (Å²) in [5.74, 6) is 2.13. The van der Waals surface area contributed by atoms with Gasteiger partial charge in [-0.1, -0.05) is 6.07 Å². The van der Waals surface area contributed by atoms with Gasteiger partial charge in [0, 0.05) is 50.7 Å². The number of aromatic nitrogens is 1. The molecule has 0 atom stereocenters. The van der Waals surface area contributed by atoms with Crippen LogP contribution in [0.25, 0.3) is 0 Å². The standard InChI is InChI=1S/C21H30N4O3.HI/c1-4-22-21(24-16-17-10-11-23-20(14-17)27-5-2)25-18-8-6-9-19(15-18)28-13-7-12-26-3;/h6,8-11,14-15H,4-5,7,12-13,16H2,1-3H3,(H2,22,24,25);1H. The first-order valence-electron chi connectivity index (χ1n) is 9.60. The molecule has 2 rings (SSSR count).